The van der Waals surface area contributed by atoms with Gasteiger partial charge in [0.1, 0.15) is 13.2 Å². The first kappa shape index (κ1) is 14.9. The van der Waals surface area contributed by atoms with Crippen LogP contribution in [0.3, 0.4) is 0 Å². The van der Waals surface area contributed by atoms with E-state index in [9.17, 15) is 4.79 Å². The first-order valence-corrected chi connectivity index (χ1v) is 7.02. The van der Waals surface area contributed by atoms with Crippen molar-refractivity contribution < 1.29 is 14.3 Å². The van der Waals surface area contributed by atoms with Crippen LogP contribution < -0.4 is 14.8 Å². The van der Waals surface area contributed by atoms with Crippen LogP contribution in [0.4, 0.5) is 0 Å². The molecule has 0 unspecified atom stereocenters. The van der Waals surface area contributed by atoms with Crippen LogP contribution in [-0.2, 0) is 11.3 Å². The van der Waals surface area contributed by atoms with E-state index in [1.54, 1.807) is 11.9 Å². The van der Waals surface area contributed by atoms with Crippen molar-refractivity contribution in [2.24, 2.45) is 0 Å². The van der Waals surface area contributed by atoms with Crippen LogP contribution >= 0.6 is 11.6 Å². The summed E-state index contributed by atoms with van der Waals surface area (Å²) in [5, 5.41) is 3.64. The Hall–Kier alpha value is -1.46. The summed E-state index contributed by atoms with van der Waals surface area (Å²) in [6, 6.07) is 3.72. The smallest absolute Gasteiger partial charge is 0.236 e. The van der Waals surface area contributed by atoms with E-state index < -0.39 is 0 Å². The van der Waals surface area contributed by atoms with E-state index in [0.29, 0.717) is 49.4 Å². The third-order valence-electron chi connectivity index (χ3n) is 3.16. The molecule has 0 saturated carbocycles. The van der Waals surface area contributed by atoms with Gasteiger partial charge in [-0.15, -0.1) is 0 Å². The molecule has 0 saturated heterocycles. The molecule has 1 aliphatic heterocycles. The molecule has 5 nitrogen and oxygen atoms in total. The minimum atomic E-state index is 0.0659. The standard InChI is InChI=1S/C14H19ClN2O3/c1-3-17(2)13(18)9-16-8-10-6-11(15)14-12(7-10)19-4-5-20-14/h6-7,16H,3-5,8-9H2,1-2H3. The molecule has 0 atom stereocenters. The molecular weight excluding hydrogens is 280 g/mol. The molecule has 0 spiro atoms. The number of nitrogens with one attached hydrogen (secondary N) is 1. The first-order chi connectivity index (χ1) is 9.61. The number of halogens is 1. The fourth-order valence-corrected chi connectivity index (χ4v) is 2.18. The summed E-state index contributed by atoms with van der Waals surface area (Å²) in [6.45, 7) is 4.55. The van der Waals surface area contributed by atoms with E-state index in [0.717, 1.165) is 5.56 Å². The van der Waals surface area contributed by atoms with E-state index in [1.165, 1.54) is 0 Å². The number of rotatable bonds is 5. The van der Waals surface area contributed by atoms with Gasteiger partial charge in [0.25, 0.3) is 0 Å². The number of benzene rings is 1. The zero-order valence-electron chi connectivity index (χ0n) is 11.7. The average molecular weight is 299 g/mol. The average Bonchev–Trinajstić information content (AvgIpc) is 2.46. The third-order valence-corrected chi connectivity index (χ3v) is 3.44. The predicted octanol–water partition coefficient (Wildman–Crippen LogP) is 1.68. The summed E-state index contributed by atoms with van der Waals surface area (Å²) < 4.78 is 11.0. The maximum absolute atomic E-state index is 11.7. The fourth-order valence-electron chi connectivity index (χ4n) is 1.89. The molecular formula is C14H19ClN2O3. The van der Waals surface area contributed by atoms with E-state index in [1.807, 2.05) is 19.1 Å². The van der Waals surface area contributed by atoms with Crippen LogP contribution in [-0.4, -0.2) is 44.2 Å². The molecule has 1 amide bonds. The lowest BCUT2D eigenvalue weighted by Gasteiger charge is -2.20. The lowest BCUT2D eigenvalue weighted by Crippen LogP contribution is -2.35. The second-order valence-electron chi connectivity index (χ2n) is 4.61. The van der Waals surface area contributed by atoms with E-state index >= 15 is 0 Å². The van der Waals surface area contributed by atoms with E-state index in [2.05, 4.69) is 5.32 Å². The molecule has 0 fully saturated rings. The summed E-state index contributed by atoms with van der Waals surface area (Å²) in [5.41, 5.74) is 0.964. The van der Waals surface area contributed by atoms with Crippen LogP contribution in [0.15, 0.2) is 12.1 Å². The normalized spacial score (nSPS) is 13.2. The number of carbonyl (C=O) groups excluding carboxylic acids is 1. The van der Waals surface area contributed by atoms with E-state index in [-0.39, 0.29) is 5.91 Å². The molecule has 110 valence electrons. The van der Waals surface area contributed by atoms with Gasteiger partial charge in [-0.3, -0.25) is 4.79 Å². The zero-order valence-corrected chi connectivity index (χ0v) is 12.5. The van der Waals surface area contributed by atoms with Gasteiger partial charge in [0.05, 0.1) is 11.6 Å². The highest BCUT2D eigenvalue weighted by Gasteiger charge is 2.16. The highest BCUT2D eigenvalue weighted by molar-refractivity contribution is 6.32. The van der Waals surface area contributed by atoms with Crippen molar-refractivity contribution in [2.75, 3.05) is 33.4 Å². The molecule has 6 heteroatoms. The van der Waals surface area contributed by atoms with Gasteiger partial charge in [-0.1, -0.05) is 11.6 Å². The summed E-state index contributed by atoms with van der Waals surface area (Å²) >= 11 is 6.15. The lowest BCUT2D eigenvalue weighted by atomic mass is 10.2. The largest absolute Gasteiger partial charge is 0.486 e. The highest BCUT2D eigenvalue weighted by Crippen LogP contribution is 2.38. The molecule has 1 N–H and O–H groups in total. The SMILES string of the molecule is CCN(C)C(=O)CNCc1cc(Cl)c2c(c1)OCCO2. The zero-order chi connectivity index (χ0) is 14.5. The number of nitrogens with zero attached hydrogens (tertiary/aromatic N) is 1. The highest BCUT2D eigenvalue weighted by atomic mass is 35.5. The maximum Gasteiger partial charge on any atom is 0.236 e. The number of fused-ring (bicyclic) bond motifs is 1. The molecule has 1 heterocycles. The van der Waals surface area contributed by atoms with Gasteiger partial charge in [0.2, 0.25) is 5.91 Å². The number of ether oxygens (including phenoxy) is 2. The monoisotopic (exact) mass is 298 g/mol. The molecule has 2 rings (SSSR count). The molecule has 0 radical (unpaired) electrons. The number of amides is 1. The van der Waals surface area contributed by atoms with Crippen molar-refractivity contribution in [3.8, 4) is 11.5 Å². The first-order valence-electron chi connectivity index (χ1n) is 6.64. The topological polar surface area (TPSA) is 50.8 Å². The predicted molar refractivity (Wildman–Crippen MR) is 77.5 cm³/mol. The minimum Gasteiger partial charge on any atom is -0.486 e. The van der Waals surface area contributed by atoms with Gasteiger partial charge in [-0.05, 0) is 24.6 Å². The number of likely N-dealkylation sites (N-methyl/N-ethyl adjacent to an activating group) is 1. The Morgan fingerprint density at radius 2 is 2.15 bits per heavy atom. The van der Waals surface area contributed by atoms with Crippen LogP contribution in [0, 0.1) is 0 Å². The summed E-state index contributed by atoms with van der Waals surface area (Å²) in [5.74, 6) is 1.33. The molecule has 1 aliphatic rings. The van der Waals surface area contributed by atoms with Gasteiger partial charge in [-0.2, -0.15) is 0 Å². The summed E-state index contributed by atoms with van der Waals surface area (Å²) in [7, 11) is 1.78. The molecule has 1 aromatic carbocycles. The number of hydrogen-bond acceptors (Lipinski definition) is 4. The van der Waals surface area contributed by atoms with Crippen LogP contribution in [0.1, 0.15) is 12.5 Å². The Labute approximate surface area is 123 Å². The Kier molecular flexibility index (Phi) is 5.09. The van der Waals surface area contributed by atoms with Crippen molar-refractivity contribution in [3.05, 3.63) is 22.7 Å². The molecule has 1 aromatic rings. The quantitative estimate of drug-likeness (QED) is 0.898. The second-order valence-corrected chi connectivity index (χ2v) is 5.02. The van der Waals surface area contributed by atoms with Gasteiger partial charge in [-0.25, -0.2) is 0 Å². The summed E-state index contributed by atoms with van der Waals surface area (Å²) in [4.78, 5) is 13.3. The van der Waals surface area contributed by atoms with Gasteiger partial charge in [0, 0.05) is 20.1 Å². The van der Waals surface area contributed by atoms with Gasteiger partial charge >= 0.3 is 0 Å². The molecule has 0 bridgehead atoms. The van der Waals surface area contributed by atoms with Crippen LogP contribution in [0.5, 0.6) is 11.5 Å². The van der Waals surface area contributed by atoms with Crippen molar-refractivity contribution in [3.63, 3.8) is 0 Å². The minimum absolute atomic E-state index is 0.0659. The Bertz CT molecular complexity index is 494. The lowest BCUT2D eigenvalue weighted by molar-refractivity contribution is -0.128. The Morgan fingerprint density at radius 1 is 1.40 bits per heavy atom. The van der Waals surface area contributed by atoms with E-state index in [4.69, 9.17) is 21.1 Å². The molecule has 0 aliphatic carbocycles. The Balaban J connectivity index is 1.94. The van der Waals surface area contributed by atoms with Gasteiger partial charge in [0.15, 0.2) is 11.5 Å². The van der Waals surface area contributed by atoms with Crippen LogP contribution in [0.2, 0.25) is 5.02 Å². The maximum atomic E-state index is 11.7. The molecule has 0 aromatic heterocycles. The van der Waals surface area contributed by atoms with Crippen LogP contribution in [0.25, 0.3) is 0 Å². The van der Waals surface area contributed by atoms with Crippen molar-refractivity contribution in [2.45, 2.75) is 13.5 Å². The van der Waals surface area contributed by atoms with Crippen molar-refractivity contribution in [1.82, 2.24) is 10.2 Å². The van der Waals surface area contributed by atoms with Crippen molar-refractivity contribution >= 4 is 17.5 Å². The molecule has 20 heavy (non-hydrogen) atoms. The van der Waals surface area contributed by atoms with Crippen molar-refractivity contribution in [1.29, 1.82) is 0 Å². The van der Waals surface area contributed by atoms with Gasteiger partial charge < -0.3 is 19.7 Å². The second kappa shape index (κ2) is 6.81. The third kappa shape index (κ3) is 3.55. The summed E-state index contributed by atoms with van der Waals surface area (Å²) in [6.07, 6.45) is 0. The number of hydrogen-bond donors (Lipinski definition) is 1. The number of carbonyl (C=O) groups is 1. The Morgan fingerprint density at radius 3 is 2.90 bits per heavy atom. The fraction of sp³-hybridized carbons (Fsp3) is 0.500.